The molecule has 3 aromatic carbocycles. The first kappa shape index (κ1) is 23.5. The molecule has 0 saturated carbocycles. The van der Waals surface area contributed by atoms with Crippen molar-refractivity contribution in [3.8, 4) is 11.5 Å². The van der Waals surface area contributed by atoms with Gasteiger partial charge >= 0.3 is 0 Å². The SMILES string of the molecule is CCOc1cc(/C=N/NC(=O)c2ccccc2)ccc1OCC(=O)Nc1cc(C)ccc1C. The number of hydrazone groups is 1. The van der Waals surface area contributed by atoms with E-state index in [0.717, 1.165) is 16.8 Å². The van der Waals surface area contributed by atoms with Crippen LogP contribution in [-0.4, -0.2) is 31.2 Å². The fourth-order valence-electron chi connectivity index (χ4n) is 3.01. The lowest BCUT2D eigenvalue weighted by atomic mass is 10.1. The average Bonchev–Trinajstić information content (AvgIpc) is 2.81. The zero-order chi connectivity index (χ0) is 23.6. The molecule has 0 aromatic heterocycles. The first-order chi connectivity index (χ1) is 16.0. The second-order valence-corrected chi connectivity index (χ2v) is 7.36. The van der Waals surface area contributed by atoms with Gasteiger partial charge in [-0.2, -0.15) is 5.10 Å². The summed E-state index contributed by atoms with van der Waals surface area (Å²) in [5.41, 5.74) is 6.52. The van der Waals surface area contributed by atoms with Crippen LogP contribution in [0.25, 0.3) is 0 Å². The van der Waals surface area contributed by atoms with Crippen molar-refractivity contribution in [1.29, 1.82) is 0 Å². The van der Waals surface area contributed by atoms with Crippen molar-refractivity contribution in [2.24, 2.45) is 5.10 Å². The number of ether oxygens (including phenoxy) is 2. The summed E-state index contributed by atoms with van der Waals surface area (Å²) in [5, 5.41) is 6.87. The molecule has 0 aliphatic rings. The summed E-state index contributed by atoms with van der Waals surface area (Å²) >= 11 is 0. The second kappa shape index (κ2) is 11.5. The Bertz CT molecular complexity index is 1140. The van der Waals surface area contributed by atoms with Gasteiger partial charge in [0.25, 0.3) is 11.8 Å². The Hall–Kier alpha value is -4.13. The molecule has 3 aromatic rings. The number of hydrogen-bond donors (Lipinski definition) is 2. The molecular weight excluding hydrogens is 418 g/mol. The zero-order valence-corrected chi connectivity index (χ0v) is 18.9. The largest absolute Gasteiger partial charge is 0.490 e. The highest BCUT2D eigenvalue weighted by Gasteiger charge is 2.10. The monoisotopic (exact) mass is 445 g/mol. The predicted molar refractivity (Wildman–Crippen MR) is 129 cm³/mol. The maximum Gasteiger partial charge on any atom is 0.271 e. The molecule has 0 radical (unpaired) electrons. The van der Waals surface area contributed by atoms with Crippen LogP contribution in [0.1, 0.15) is 34.0 Å². The first-order valence-corrected chi connectivity index (χ1v) is 10.6. The van der Waals surface area contributed by atoms with Crippen LogP contribution in [0.2, 0.25) is 0 Å². The van der Waals surface area contributed by atoms with Gasteiger partial charge in [0.1, 0.15) is 0 Å². The molecule has 0 heterocycles. The van der Waals surface area contributed by atoms with E-state index in [0.29, 0.717) is 29.2 Å². The molecule has 0 saturated heterocycles. The van der Waals surface area contributed by atoms with Crippen molar-refractivity contribution in [3.63, 3.8) is 0 Å². The van der Waals surface area contributed by atoms with E-state index in [-0.39, 0.29) is 18.4 Å². The zero-order valence-electron chi connectivity index (χ0n) is 18.9. The van der Waals surface area contributed by atoms with Gasteiger partial charge in [0.2, 0.25) is 0 Å². The highest BCUT2D eigenvalue weighted by Crippen LogP contribution is 2.28. The van der Waals surface area contributed by atoms with Gasteiger partial charge in [-0.25, -0.2) is 5.43 Å². The lowest BCUT2D eigenvalue weighted by Gasteiger charge is -2.13. The summed E-state index contributed by atoms with van der Waals surface area (Å²) in [4.78, 5) is 24.4. The van der Waals surface area contributed by atoms with Gasteiger partial charge in [-0.3, -0.25) is 9.59 Å². The third-order valence-corrected chi connectivity index (χ3v) is 4.71. The predicted octanol–water partition coefficient (Wildman–Crippen LogP) is 4.48. The molecule has 7 heteroatoms. The number of nitrogens with zero attached hydrogens (tertiary/aromatic N) is 1. The molecule has 2 N–H and O–H groups in total. The number of nitrogens with one attached hydrogen (secondary N) is 2. The normalized spacial score (nSPS) is 10.6. The summed E-state index contributed by atoms with van der Waals surface area (Å²) in [7, 11) is 0. The van der Waals surface area contributed by atoms with Crippen molar-refractivity contribution < 1.29 is 19.1 Å². The molecule has 0 bridgehead atoms. The minimum Gasteiger partial charge on any atom is -0.490 e. The molecular formula is C26H27N3O4. The Morgan fingerprint density at radius 2 is 1.73 bits per heavy atom. The Morgan fingerprint density at radius 3 is 2.48 bits per heavy atom. The van der Waals surface area contributed by atoms with E-state index < -0.39 is 0 Å². The maximum absolute atomic E-state index is 12.4. The number of carbonyl (C=O) groups excluding carboxylic acids is 2. The van der Waals surface area contributed by atoms with E-state index >= 15 is 0 Å². The number of benzene rings is 3. The lowest BCUT2D eigenvalue weighted by Crippen LogP contribution is -2.21. The van der Waals surface area contributed by atoms with Gasteiger partial charge in [0, 0.05) is 11.3 Å². The quantitative estimate of drug-likeness (QED) is 0.375. The van der Waals surface area contributed by atoms with E-state index in [1.807, 2.05) is 45.0 Å². The van der Waals surface area contributed by atoms with Crippen LogP contribution in [0.4, 0.5) is 5.69 Å². The second-order valence-electron chi connectivity index (χ2n) is 7.36. The number of anilines is 1. The lowest BCUT2D eigenvalue weighted by molar-refractivity contribution is -0.118. The standard InChI is InChI=1S/C26H27N3O4/c1-4-32-24-15-20(16-27-29-26(31)21-8-6-5-7-9-21)12-13-23(24)33-17-25(30)28-22-14-18(2)10-11-19(22)3/h5-16H,4,17H2,1-3H3,(H,28,30)(H,29,31)/b27-16+. The number of aryl methyl sites for hydroxylation is 2. The van der Waals surface area contributed by atoms with Crippen molar-refractivity contribution >= 4 is 23.7 Å². The summed E-state index contributed by atoms with van der Waals surface area (Å²) in [6.45, 7) is 6.03. The van der Waals surface area contributed by atoms with Crippen LogP contribution in [0.5, 0.6) is 11.5 Å². The number of amides is 2. The highest BCUT2D eigenvalue weighted by molar-refractivity contribution is 5.95. The fourth-order valence-corrected chi connectivity index (χ4v) is 3.01. The van der Waals surface area contributed by atoms with Crippen LogP contribution in [-0.2, 0) is 4.79 Å². The molecule has 33 heavy (non-hydrogen) atoms. The summed E-state index contributed by atoms with van der Waals surface area (Å²) in [6, 6.07) is 19.9. The topological polar surface area (TPSA) is 89.0 Å². The van der Waals surface area contributed by atoms with Gasteiger partial charge in [-0.05, 0) is 73.9 Å². The van der Waals surface area contributed by atoms with Crippen molar-refractivity contribution in [3.05, 3.63) is 89.0 Å². The molecule has 0 fully saturated rings. The minimum absolute atomic E-state index is 0.159. The van der Waals surface area contributed by atoms with Gasteiger partial charge in [0.15, 0.2) is 18.1 Å². The van der Waals surface area contributed by atoms with Crippen LogP contribution >= 0.6 is 0 Å². The minimum atomic E-state index is -0.299. The number of hydrogen-bond acceptors (Lipinski definition) is 5. The Morgan fingerprint density at radius 1 is 0.939 bits per heavy atom. The molecule has 3 rings (SSSR count). The molecule has 0 aliphatic carbocycles. The third kappa shape index (κ3) is 6.93. The highest BCUT2D eigenvalue weighted by atomic mass is 16.5. The number of rotatable bonds is 9. The average molecular weight is 446 g/mol. The Balaban J connectivity index is 1.61. The van der Waals surface area contributed by atoms with Crippen molar-refractivity contribution in [2.75, 3.05) is 18.5 Å². The molecule has 0 aliphatic heterocycles. The summed E-state index contributed by atoms with van der Waals surface area (Å²) in [5.74, 6) is 0.362. The molecule has 2 amide bonds. The molecule has 0 unspecified atom stereocenters. The maximum atomic E-state index is 12.4. The molecule has 0 spiro atoms. The molecule has 7 nitrogen and oxygen atoms in total. The van der Waals surface area contributed by atoms with Gasteiger partial charge in [0.05, 0.1) is 12.8 Å². The fraction of sp³-hybridized carbons (Fsp3) is 0.192. The van der Waals surface area contributed by atoms with Gasteiger partial charge in [-0.15, -0.1) is 0 Å². The van der Waals surface area contributed by atoms with Crippen LogP contribution < -0.4 is 20.2 Å². The van der Waals surface area contributed by atoms with E-state index in [4.69, 9.17) is 9.47 Å². The summed E-state index contributed by atoms with van der Waals surface area (Å²) < 4.78 is 11.4. The molecule has 0 atom stereocenters. The van der Waals surface area contributed by atoms with Crippen molar-refractivity contribution in [1.82, 2.24) is 5.43 Å². The van der Waals surface area contributed by atoms with E-state index in [2.05, 4.69) is 15.8 Å². The van der Waals surface area contributed by atoms with Gasteiger partial charge < -0.3 is 14.8 Å². The summed E-state index contributed by atoms with van der Waals surface area (Å²) in [6.07, 6.45) is 1.51. The van der Waals surface area contributed by atoms with Crippen LogP contribution in [0.15, 0.2) is 71.8 Å². The third-order valence-electron chi connectivity index (χ3n) is 4.71. The van der Waals surface area contributed by atoms with Crippen LogP contribution in [0, 0.1) is 13.8 Å². The first-order valence-electron chi connectivity index (χ1n) is 10.6. The van der Waals surface area contributed by atoms with E-state index in [1.165, 1.54) is 6.21 Å². The van der Waals surface area contributed by atoms with E-state index in [9.17, 15) is 9.59 Å². The Kier molecular flexibility index (Phi) is 8.18. The number of carbonyl (C=O) groups is 2. The van der Waals surface area contributed by atoms with E-state index in [1.54, 1.807) is 42.5 Å². The molecule has 170 valence electrons. The van der Waals surface area contributed by atoms with Crippen LogP contribution in [0.3, 0.4) is 0 Å². The van der Waals surface area contributed by atoms with Gasteiger partial charge in [-0.1, -0.05) is 30.3 Å². The Labute approximate surface area is 193 Å². The smallest absolute Gasteiger partial charge is 0.271 e. The van der Waals surface area contributed by atoms with Crippen molar-refractivity contribution in [2.45, 2.75) is 20.8 Å².